The van der Waals surface area contributed by atoms with Crippen molar-refractivity contribution in [1.82, 2.24) is 0 Å². The lowest BCUT2D eigenvalue weighted by Gasteiger charge is -2.13. The maximum absolute atomic E-state index is 12.5. The predicted octanol–water partition coefficient (Wildman–Crippen LogP) is 4.20. The summed E-state index contributed by atoms with van der Waals surface area (Å²) in [6.45, 7) is 0. The van der Waals surface area contributed by atoms with Gasteiger partial charge in [-0.25, -0.2) is 0 Å². The van der Waals surface area contributed by atoms with E-state index in [0.29, 0.717) is 12.0 Å². The van der Waals surface area contributed by atoms with Crippen LogP contribution in [-0.4, -0.2) is 13.9 Å². The molecule has 7 heteroatoms. The van der Waals surface area contributed by atoms with E-state index in [0.717, 1.165) is 5.56 Å². The van der Waals surface area contributed by atoms with Crippen LogP contribution in [0.4, 0.5) is 18.9 Å². The number of alkyl halides is 3. The van der Waals surface area contributed by atoms with Gasteiger partial charge in [0, 0.05) is 0 Å². The van der Waals surface area contributed by atoms with E-state index in [2.05, 4.69) is 0 Å². The summed E-state index contributed by atoms with van der Waals surface area (Å²) in [5.74, 6) is 0. The van der Waals surface area contributed by atoms with Gasteiger partial charge in [-0.2, -0.15) is 21.6 Å². The number of anilines is 1. The van der Waals surface area contributed by atoms with E-state index in [9.17, 15) is 21.6 Å². The highest BCUT2D eigenvalue weighted by Gasteiger charge is 2.46. The van der Waals surface area contributed by atoms with Crippen molar-refractivity contribution in [3.05, 3.63) is 71.8 Å². The van der Waals surface area contributed by atoms with E-state index in [4.69, 9.17) is 0 Å². The van der Waals surface area contributed by atoms with Crippen LogP contribution in [0.1, 0.15) is 11.1 Å². The highest BCUT2D eigenvalue weighted by Crippen LogP contribution is 2.27. The highest BCUT2D eigenvalue weighted by atomic mass is 32.2. The lowest BCUT2D eigenvalue weighted by atomic mass is 10.1. The Bertz CT molecular complexity index is 784. The number of sulfonamides is 1. The largest absolute Gasteiger partial charge is 0.516 e. The Kier molecular flexibility index (Phi) is 5.10. The van der Waals surface area contributed by atoms with Gasteiger partial charge in [-0.15, -0.1) is 0 Å². The van der Waals surface area contributed by atoms with Crippen LogP contribution in [0, 0.1) is 0 Å². The van der Waals surface area contributed by atoms with Crippen molar-refractivity contribution in [2.45, 2.75) is 11.9 Å². The van der Waals surface area contributed by atoms with Gasteiger partial charge in [0.15, 0.2) is 0 Å². The average molecular weight is 341 g/mol. The number of hydrogen-bond acceptors (Lipinski definition) is 2. The summed E-state index contributed by atoms with van der Waals surface area (Å²) in [5, 5.41) is 0. The molecule has 0 aliphatic rings. The molecule has 0 aliphatic carbocycles. The lowest BCUT2D eigenvalue weighted by molar-refractivity contribution is -0.0429. The van der Waals surface area contributed by atoms with Crippen LogP contribution in [0.5, 0.6) is 0 Å². The van der Waals surface area contributed by atoms with E-state index in [-0.39, 0.29) is 5.69 Å². The van der Waals surface area contributed by atoms with Crippen molar-refractivity contribution >= 4 is 21.8 Å². The first-order valence-corrected chi connectivity index (χ1v) is 8.16. The Morgan fingerprint density at radius 1 is 0.957 bits per heavy atom. The van der Waals surface area contributed by atoms with Gasteiger partial charge in [0.25, 0.3) is 0 Å². The standard InChI is InChI=1S/C16H14F3NO2S/c17-16(18,19)23(21,22)20-15-12-5-4-10-14(15)11-6-9-13-7-2-1-3-8-13/h1-10,12,20H,11H2/b9-6+. The Morgan fingerprint density at radius 2 is 1.57 bits per heavy atom. The normalized spacial score (nSPS) is 12.5. The minimum Gasteiger partial charge on any atom is -0.276 e. The summed E-state index contributed by atoms with van der Waals surface area (Å²) in [7, 11) is -5.42. The summed E-state index contributed by atoms with van der Waals surface area (Å²) >= 11 is 0. The average Bonchev–Trinajstić information content (AvgIpc) is 2.49. The van der Waals surface area contributed by atoms with Crippen molar-refractivity contribution in [3.63, 3.8) is 0 Å². The van der Waals surface area contributed by atoms with Crippen molar-refractivity contribution < 1.29 is 21.6 Å². The van der Waals surface area contributed by atoms with Crippen molar-refractivity contribution in [2.24, 2.45) is 0 Å². The summed E-state index contributed by atoms with van der Waals surface area (Å²) < 4.78 is 61.4. The van der Waals surface area contributed by atoms with Crippen LogP contribution in [0.2, 0.25) is 0 Å². The summed E-state index contributed by atoms with van der Waals surface area (Å²) in [5.41, 5.74) is -4.03. The number of allylic oxidation sites excluding steroid dienone is 1. The quantitative estimate of drug-likeness (QED) is 0.886. The summed E-state index contributed by atoms with van der Waals surface area (Å²) in [6, 6.07) is 15.4. The molecular weight excluding hydrogens is 327 g/mol. The topological polar surface area (TPSA) is 46.2 Å². The second-order valence-corrected chi connectivity index (χ2v) is 6.40. The van der Waals surface area contributed by atoms with Gasteiger partial charge >= 0.3 is 15.5 Å². The molecule has 2 rings (SSSR count). The highest BCUT2D eigenvalue weighted by molar-refractivity contribution is 7.93. The Labute approximate surface area is 132 Å². The summed E-state index contributed by atoms with van der Waals surface area (Å²) in [4.78, 5) is 0. The molecule has 0 radical (unpaired) electrons. The first kappa shape index (κ1) is 17.1. The summed E-state index contributed by atoms with van der Waals surface area (Å²) in [6.07, 6.45) is 3.87. The Hall–Kier alpha value is -2.28. The first-order valence-electron chi connectivity index (χ1n) is 6.68. The third-order valence-electron chi connectivity index (χ3n) is 3.01. The molecule has 1 N–H and O–H groups in total. The van der Waals surface area contributed by atoms with E-state index in [1.165, 1.54) is 12.1 Å². The smallest absolute Gasteiger partial charge is 0.276 e. The van der Waals surface area contributed by atoms with Crippen LogP contribution < -0.4 is 4.72 Å². The minimum atomic E-state index is -5.42. The third-order valence-corrected chi connectivity index (χ3v) is 4.11. The molecule has 0 aliphatic heterocycles. The third kappa shape index (κ3) is 4.59. The molecule has 0 fully saturated rings. The SMILES string of the molecule is O=S(=O)(Nc1ccccc1C/C=C/c1ccccc1)C(F)(F)F. The van der Waals surface area contributed by atoms with Gasteiger partial charge in [0.05, 0.1) is 5.69 Å². The number of rotatable bonds is 5. The van der Waals surface area contributed by atoms with Gasteiger partial charge in [0.2, 0.25) is 0 Å². The van der Waals surface area contributed by atoms with Crippen LogP contribution in [-0.2, 0) is 16.4 Å². The molecule has 0 atom stereocenters. The van der Waals surface area contributed by atoms with Gasteiger partial charge in [-0.1, -0.05) is 60.7 Å². The number of nitrogens with one attached hydrogen (secondary N) is 1. The molecule has 0 aromatic heterocycles. The lowest BCUT2D eigenvalue weighted by Crippen LogP contribution is -2.30. The number of benzene rings is 2. The van der Waals surface area contributed by atoms with Gasteiger partial charge in [-0.3, -0.25) is 4.72 Å². The second kappa shape index (κ2) is 6.87. The molecule has 2 aromatic carbocycles. The molecule has 0 saturated carbocycles. The zero-order valence-electron chi connectivity index (χ0n) is 11.9. The van der Waals surface area contributed by atoms with E-state index >= 15 is 0 Å². The maximum Gasteiger partial charge on any atom is 0.516 e. The fourth-order valence-corrected chi connectivity index (χ4v) is 2.49. The van der Waals surface area contributed by atoms with Crippen molar-refractivity contribution in [2.75, 3.05) is 4.72 Å². The fourth-order valence-electron chi connectivity index (χ4n) is 1.89. The van der Waals surface area contributed by atoms with E-state index < -0.39 is 15.5 Å². The first-order chi connectivity index (χ1) is 10.8. The minimum absolute atomic E-state index is 0.0810. The second-order valence-electron chi connectivity index (χ2n) is 4.73. The fraction of sp³-hybridized carbons (Fsp3) is 0.125. The van der Waals surface area contributed by atoms with E-state index in [1.54, 1.807) is 22.9 Å². The predicted molar refractivity (Wildman–Crippen MR) is 84.2 cm³/mol. The molecule has 0 saturated heterocycles. The van der Waals surface area contributed by atoms with Gasteiger partial charge in [-0.05, 0) is 23.6 Å². The monoisotopic (exact) mass is 341 g/mol. The van der Waals surface area contributed by atoms with E-state index in [1.807, 2.05) is 36.4 Å². The molecule has 0 unspecified atom stereocenters. The molecule has 122 valence electrons. The van der Waals surface area contributed by atoms with Crippen LogP contribution in [0.3, 0.4) is 0 Å². The van der Waals surface area contributed by atoms with Gasteiger partial charge < -0.3 is 0 Å². The molecule has 2 aromatic rings. The molecule has 0 bridgehead atoms. The van der Waals surface area contributed by atoms with Crippen LogP contribution in [0.15, 0.2) is 60.7 Å². The molecule has 3 nitrogen and oxygen atoms in total. The Balaban J connectivity index is 2.17. The zero-order valence-corrected chi connectivity index (χ0v) is 12.7. The maximum atomic E-state index is 12.5. The Morgan fingerprint density at radius 3 is 2.22 bits per heavy atom. The van der Waals surface area contributed by atoms with Crippen LogP contribution in [0.25, 0.3) is 6.08 Å². The van der Waals surface area contributed by atoms with Crippen LogP contribution >= 0.6 is 0 Å². The molecule has 0 heterocycles. The van der Waals surface area contributed by atoms with Crippen molar-refractivity contribution in [3.8, 4) is 0 Å². The van der Waals surface area contributed by atoms with Crippen molar-refractivity contribution in [1.29, 1.82) is 0 Å². The number of halogens is 3. The molecule has 0 amide bonds. The molecular formula is C16H14F3NO2S. The molecule has 23 heavy (non-hydrogen) atoms. The molecule has 0 spiro atoms. The van der Waals surface area contributed by atoms with Gasteiger partial charge in [0.1, 0.15) is 0 Å². The number of para-hydroxylation sites is 1. The zero-order chi connectivity index (χ0) is 16.9. The number of hydrogen-bond donors (Lipinski definition) is 1.